The van der Waals surface area contributed by atoms with Crippen LogP contribution in [0.3, 0.4) is 0 Å². The van der Waals surface area contributed by atoms with Gasteiger partial charge in [0.25, 0.3) is 0 Å². The third kappa shape index (κ3) is 0.623. The van der Waals surface area contributed by atoms with Crippen molar-refractivity contribution in [3.63, 3.8) is 0 Å². The number of aromatic nitrogens is 2. The third-order valence-electron chi connectivity index (χ3n) is 0.556. The summed E-state index contributed by atoms with van der Waals surface area (Å²) >= 11 is 0. The van der Waals surface area contributed by atoms with Gasteiger partial charge in [0.1, 0.15) is 12.5 Å². The van der Waals surface area contributed by atoms with Crippen LogP contribution in [0.5, 0.6) is 5.88 Å². The summed E-state index contributed by atoms with van der Waals surface area (Å²) in [6, 6.07) is 0. The molecule has 0 aliphatic heterocycles. The van der Waals surface area contributed by atoms with Gasteiger partial charge >= 0.3 is 0 Å². The van der Waals surface area contributed by atoms with Crippen molar-refractivity contribution >= 4 is 0 Å². The molecule has 38 valence electrons. The van der Waals surface area contributed by atoms with E-state index in [0.717, 1.165) is 12.5 Å². The first-order chi connectivity index (χ1) is 3.29. The van der Waals surface area contributed by atoms with Gasteiger partial charge in [0.05, 0.1) is 0 Å². The average molecular weight is 100 g/mol. The monoisotopic (exact) mass is 100 g/mol. The van der Waals surface area contributed by atoms with Crippen molar-refractivity contribution < 1.29 is 10.3 Å². The van der Waals surface area contributed by atoms with E-state index in [4.69, 9.17) is 10.3 Å². The van der Waals surface area contributed by atoms with Crippen molar-refractivity contribution in [2.24, 2.45) is 0 Å². The summed E-state index contributed by atoms with van der Waals surface area (Å²) in [5, 5.41) is 16.7. The summed E-state index contributed by atoms with van der Waals surface area (Å²) in [6.07, 6.45) is 2.18. The fraction of sp³-hybridized carbons (Fsp3) is 0. The molecular formula is C3H4N2O2. The summed E-state index contributed by atoms with van der Waals surface area (Å²) in [6.45, 7) is 0. The molecule has 0 unspecified atom stereocenters. The molecule has 7 heavy (non-hydrogen) atoms. The number of nitrogens with zero attached hydrogens (tertiary/aromatic N) is 2. The van der Waals surface area contributed by atoms with E-state index in [1.165, 1.54) is 0 Å². The summed E-state index contributed by atoms with van der Waals surface area (Å²) in [4.78, 5) is 3.28. The molecule has 0 radical (unpaired) electrons. The largest absolute Gasteiger partial charge is 0.492 e. The molecule has 4 heteroatoms. The first kappa shape index (κ1) is 3.98. The molecule has 0 fully saturated rings. The summed E-state index contributed by atoms with van der Waals surface area (Å²) < 4.78 is 0.676. The second kappa shape index (κ2) is 1.14. The second-order valence-corrected chi connectivity index (χ2v) is 1.11. The van der Waals surface area contributed by atoms with Gasteiger partial charge in [0, 0.05) is 0 Å². The molecule has 0 aliphatic rings. The number of rotatable bonds is 0. The van der Waals surface area contributed by atoms with E-state index in [1.54, 1.807) is 0 Å². The maximum absolute atomic E-state index is 8.36. The Labute approximate surface area is 39.6 Å². The van der Waals surface area contributed by atoms with Crippen LogP contribution >= 0.6 is 0 Å². The maximum atomic E-state index is 8.36. The smallest absolute Gasteiger partial charge is 0.232 e. The highest BCUT2D eigenvalue weighted by molar-refractivity contribution is 4.98. The molecule has 0 spiro atoms. The Morgan fingerprint density at radius 1 is 1.71 bits per heavy atom. The van der Waals surface area contributed by atoms with Gasteiger partial charge in [-0.15, -0.1) is 0 Å². The number of aromatic hydroxyl groups is 1. The van der Waals surface area contributed by atoms with Gasteiger partial charge < -0.3 is 10.3 Å². The Kier molecular flexibility index (Phi) is 0.651. The number of hydrogen-bond donors (Lipinski definition) is 2. The second-order valence-electron chi connectivity index (χ2n) is 1.11. The highest BCUT2D eigenvalue weighted by Crippen LogP contribution is 1.97. The molecule has 0 bridgehead atoms. The summed E-state index contributed by atoms with van der Waals surface area (Å²) in [5.74, 6) is -0.178. The quantitative estimate of drug-likeness (QED) is 0.445. The van der Waals surface area contributed by atoms with Crippen LogP contribution in [0.4, 0.5) is 0 Å². The third-order valence-corrected chi connectivity index (χ3v) is 0.556. The van der Waals surface area contributed by atoms with Gasteiger partial charge in [0.2, 0.25) is 5.88 Å². The van der Waals surface area contributed by atoms with Crippen LogP contribution in [0.2, 0.25) is 0 Å². The van der Waals surface area contributed by atoms with Crippen LogP contribution in [0.1, 0.15) is 0 Å². The molecule has 1 rings (SSSR count). The Hall–Kier alpha value is -1.19. The van der Waals surface area contributed by atoms with Gasteiger partial charge in [-0.2, -0.15) is 9.71 Å². The number of imidazole rings is 1. The van der Waals surface area contributed by atoms with E-state index in [2.05, 4.69) is 4.98 Å². The average Bonchev–Trinajstić information content (AvgIpc) is 1.87. The Bertz CT molecular complexity index is 143. The van der Waals surface area contributed by atoms with Crippen molar-refractivity contribution in [3.8, 4) is 5.88 Å². The molecule has 0 atom stereocenters. The van der Waals surface area contributed by atoms with Crippen LogP contribution in [0, 0.1) is 0 Å². The van der Waals surface area contributed by atoms with E-state index >= 15 is 0 Å². The van der Waals surface area contributed by atoms with Crippen molar-refractivity contribution in [1.29, 1.82) is 0 Å². The van der Waals surface area contributed by atoms with Crippen LogP contribution in [-0.2, 0) is 0 Å². The van der Waals surface area contributed by atoms with Crippen molar-refractivity contribution in [2.75, 3.05) is 0 Å². The van der Waals surface area contributed by atoms with Crippen LogP contribution in [0.15, 0.2) is 12.5 Å². The SMILES string of the molecule is Oc1cn(O)cn1. The van der Waals surface area contributed by atoms with Crippen LogP contribution in [0.25, 0.3) is 0 Å². The van der Waals surface area contributed by atoms with Gasteiger partial charge in [-0.05, 0) is 0 Å². The lowest BCUT2D eigenvalue weighted by Gasteiger charge is -1.77. The molecule has 1 aromatic heterocycles. The zero-order valence-electron chi connectivity index (χ0n) is 3.44. The predicted octanol–water partition coefficient (Wildman–Crippen LogP) is -0.174. The standard InChI is InChI=1S/C3H4N2O2/c6-3-1-5(7)2-4-3/h1-2,6-7H. The van der Waals surface area contributed by atoms with Crippen molar-refractivity contribution in [1.82, 2.24) is 9.71 Å². The van der Waals surface area contributed by atoms with Crippen LogP contribution < -0.4 is 0 Å². The van der Waals surface area contributed by atoms with E-state index in [0.29, 0.717) is 4.73 Å². The predicted molar refractivity (Wildman–Crippen MR) is 21.1 cm³/mol. The molecular weight excluding hydrogens is 96.0 g/mol. The molecule has 0 saturated heterocycles. The van der Waals surface area contributed by atoms with Crippen LogP contribution in [-0.4, -0.2) is 20.0 Å². The van der Waals surface area contributed by atoms with E-state index in [9.17, 15) is 0 Å². The molecule has 1 heterocycles. The minimum atomic E-state index is -0.178. The fourth-order valence-electron chi connectivity index (χ4n) is 0.303. The van der Waals surface area contributed by atoms with Gasteiger partial charge in [-0.1, -0.05) is 0 Å². The molecule has 0 aliphatic carbocycles. The van der Waals surface area contributed by atoms with Gasteiger partial charge in [0.15, 0.2) is 0 Å². The van der Waals surface area contributed by atoms with Crippen molar-refractivity contribution in [2.45, 2.75) is 0 Å². The zero-order chi connectivity index (χ0) is 5.28. The fourth-order valence-corrected chi connectivity index (χ4v) is 0.303. The van der Waals surface area contributed by atoms with E-state index in [1.807, 2.05) is 0 Å². The highest BCUT2D eigenvalue weighted by Gasteiger charge is 1.87. The summed E-state index contributed by atoms with van der Waals surface area (Å²) in [5.41, 5.74) is 0. The molecule has 2 N–H and O–H groups in total. The first-order valence-corrected chi connectivity index (χ1v) is 1.71. The minimum absolute atomic E-state index is 0.178. The normalized spacial score (nSPS) is 9.14. The molecule has 1 aromatic rings. The highest BCUT2D eigenvalue weighted by atomic mass is 16.5. The Morgan fingerprint density at radius 2 is 2.43 bits per heavy atom. The van der Waals surface area contributed by atoms with E-state index < -0.39 is 0 Å². The molecule has 0 saturated carbocycles. The lowest BCUT2D eigenvalue weighted by atomic mass is 10.9. The molecule has 0 amide bonds. The zero-order valence-corrected chi connectivity index (χ0v) is 3.44. The van der Waals surface area contributed by atoms with Gasteiger partial charge in [-0.3, -0.25) is 0 Å². The lowest BCUT2D eigenvalue weighted by Crippen LogP contribution is -1.79. The molecule has 0 aromatic carbocycles. The van der Waals surface area contributed by atoms with Gasteiger partial charge in [-0.25, -0.2) is 0 Å². The minimum Gasteiger partial charge on any atom is -0.492 e. The molecule has 4 nitrogen and oxygen atoms in total. The van der Waals surface area contributed by atoms with E-state index in [-0.39, 0.29) is 5.88 Å². The first-order valence-electron chi connectivity index (χ1n) is 1.71. The maximum Gasteiger partial charge on any atom is 0.232 e. The number of hydrogen-bond acceptors (Lipinski definition) is 3. The lowest BCUT2D eigenvalue weighted by molar-refractivity contribution is 0.185. The van der Waals surface area contributed by atoms with Crippen molar-refractivity contribution in [3.05, 3.63) is 12.5 Å². The summed E-state index contributed by atoms with van der Waals surface area (Å²) in [7, 11) is 0. The Balaban J connectivity index is 3.04. The Morgan fingerprint density at radius 3 is 2.57 bits per heavy atom. The topological polar surface area (TPSA) is 58.3 Å².